The summed E-state index contributed by atoms with van der Waals surface area (Å²) in [7, 11) is 5.99. The second kappa shape index (κ2) is 5.33. The van der Waals surface area contributed by atoms with Gasteiger partial charge in [-0.05, 0) is 26.2 Å². The normalized spacial score (nSPS) is 10.2. The molecule has 1 aromatic heterocycles. The number of hydrogen-bond acceptors (Lipinski definition) is 5. The Morgan fingerprint density at radius 2 is 2.00 bits per heavy atom. The molecule has 1 heterocycles. The number of anilines is 2. The first kappa shape index (κ1) is 12.3. The van der Waals surface area contributed by atoms with E-state index in [-0.39, 0.29) is 5.69 Å². The van der Waals surface area contributed by atoms with Gasteiger partial charge in [-0.3, -0.25) is 0 Å². The number of hydrogen-bond donors (Lipinski definition) is 1. The third-order valence-corrected chi connectivity index (χ3v) is 2.29. The molecule has 0 fully saturated rings. The summed E-state index contributed by atoms with van der Waals surface area (Å²) >= 11 is 0. The minimum Gasteiger partial charge on any atom is -0.396 e. The van der Waals surface area contributed by atoms with Gasteiger partial charge in [0.15, 0.2) is 5.69 Å². The van der Waals surface area contributed by atoms with Gasteiger partial charge in [-0.1, -0.05) is 0 Å². The molecule has 0 aliphatic heterocycles. The number of nitriles is 1. The number of pyridine rings is 1. The number of nitrogens with two attached hydrogens (primary N) is 1. The van der Waals surface area contributed by atoms with Gasteiger partial charge in [0.25, 0.3) is 0 Å². The van der Waals surface area contributed by atoms with Crippen molar-refractivity contribution in [3.05, 3.63) is 17.8 Å². The van der Waals surface area contributed by atoms with Gasteiger partial charge in [-0.2, -0.15) is 5.26 Å². The predicted octanol–water partition coefficient (Wildman–Crippen LogP) is 0.533. The van der Waals surface area contributed by atoms with Crippen molar-refractivity contribution in [3.63, 3.8) is 0 Å². The van der Waals surface area contributed by atoms with E-state index >= 15 is 0 Å². The van der Waals surface area contributed by atoms with Gasteiger partial charge in [0, 0.05) is 20.1 Å². The molecule has 0 aromatic carbocycles. The van der Waals surface area contributed by atoms with E-state index in [0.717, 1.165) is 18.9 Å². The minimum absolute atomic E-state index is 0.286. The van der Waals surface area contributed by atoms with Crippen molar-refractivity contribution in [2.24, 2.45) is 0 Å². The number of aromatic nitrogens is 1. The van der Waals surface area contributed by atoms with E-state index in [9.17, 15) is 0 Å². The Morgan fingerprint density at radius 1 is 1.31 bits per heavy atom. The van der Waals surface area contributed by atoms with Gasteiger partial charge in [-0.15, -0.1) is 0 Å². The lowest BCUT2D eigenvalue weighted by Gasteiger charge is -2.20. The highest BCUT2D eigenvalue weighted by atomic mass is 15.2. The van der Waals surface area contributed by atoms with Crippen LogP contribution in [-0.4, -0.2) is 44.1 Å². The monoisotopic (exact) mass is 219 g/mol. The Balaban J connectivity index is 2.77. The van der Waals surface area contributed by atoms with Gasteiger partial charge in [0.05, 0.1) is 5.69 Å². The van der Waals surface area contributed by atoms with Crippen LogP contribution in [0.5, 0.6) is 0 Å². The highest BCUT2D eigenvalue weighted by Gasteiger charge is 2.06. The summed E-state index contributed by atoms with van der Waals surface area (Å²) in [5.41, 5.74) is 6.32. The van der Waals surface area contributed by atoms with Gasteiger partial charge in [-0.25, -0.2) is 4.98 Å². The zero-order chi connectivity index (χ0) is 12.1. The Kier molecular flexibility index (Phi) is 4.09. The van der Waals surface area contributed by atoms with Crippen molar-refractivity contribution in [1.29, 1.82) is 5.26 Å². The van der Waals surface area contributed by atoms with Gasteiger partial charge in [0.1, 0.15) is 11.9 Å². The number of nitrogen functional groups attached to an aromatic ring is 1. The predicted molar refractivity (Wildman–Crippen MR) is 65.2 cm³/mol. The van der Waals surface area contributed by atoms with Crippen LogP contribution in [0.15, 0.2) is 12.1 Å². The lowest BCUT2D eigenvalue weighted by Crippen LogP contribution is -2.29. The maximum atomic E-state index is 8.82. The summed E-state index contributed by atoms with van der Waals surface area (Å²) in [5.74, 6) is 0.771. The summed E-state index contributed by atoms with van der Waals surface area (Å²) in [6.45, 7) is 1.79. The summed E-state index contributed by atoms with van der Waals surface area (Å²) < 4.78 is 0. The molecule has 5 nitrogen and oxygen atoms in total. The molecule has 0 spiro atoms. The molecule has 16 heavy (non-hydrogen) atoms. The summed E-state index contributed by atoms with van der Waals surface area (Å²) in [4.78, 5) is 8.29. The molecule has 0 radical (unpaired) electrons. The van der Waals surface area contributed by atoms with E-state index in [0.29, 0.717) is 5.69 Å². The van der Waals surface area contributed by atoms with Crippen LogP contribution >= 0.6 is 0 Å². The van der Waals surface area contributed by atoms with E-state index in [1.165, 1.54) is 0 Å². The quantitative estimate of drug-likeness (QED) is 0.800. The maximum Gasteiger partial charge on any atom is 0.165 e. The van der Waals surface area contributed by atoms with Crippen LogP contribution in [0.3, 0.4) is 0 Å². The van der Waals surface area contributed by atoms with Crippen molar-refractivity contribution in [2.45, 2.75) is 0 Å². The Bertz CT molecular complexity index is 394. The molecule has 0 amide bonds. The lowest BCUT2D eigenvalue weighted by molar-refractivity contribution is 0.416. The number of likely N-dealkylation sites (N-methyl/N-ethyl adjacent to an activating group) is 2. The van der Waals surface area contributed by atoms with E-state index in [1.807, 2.05) is 38.2 Å². The van der Waals surface area contributed by atoms with Crippen LogP contribution in [0, 0.1) is 11.3 Å². The average Bonchev–Trinajstić information content (AvgIpc) is 2.26. The zero-order valence-corrected chi connectivity index (χ0v) is 9.94. The Morgan fingerprint density at radius 3 is 2.56 bits per heavy atom. The fourth-order valence-corrected chi connectivity index (χ4v) is 1.23. The van der Waals surface area contributed by atoms with Crippen molar-refractivity contribution in [1.82, 2.24) is 9.88 Å². The van der Waals surface area contributed by atoms with Crippen molar-refractivity contribution in [3.8, 4) is 6.07 Å². The molecule has 0 aliphatic carbocycles. The lowest BCUT2D eigenvalue weighted by atomic mass is 10.3. The van der Waals surface area contributed by atoms with Crippen LogP contribution in [0.2, 0.25) is 0 Å². The molecule has 1 rings (SSSR count). The molecule has 0 atom stereocenters. The molecule has 86 valence electrons. The van der Waals surface area contributed by atoms with Gasteiger partial charge >= 0.3 is 0 Å². The van der Waals surface area contributed by atoms with E-state index in [2.05, 4.69) is 9.88 Å². The third kappa shape index (κ3) is 3.11. The first-order valence-electron chi connectivity index (χ1n) is 5.07. The molecule has 1 aromatic rings. The molecular formula is C11H17N5. The SMILES string of the molecule is CN(C)CCN(C)c1ccc(N)c(C#N)n1. The van der Waals surface area contributed by atoms with Crippen LogP contribution in [-0.2, 0) is 0 Å². The first-order valence-corrected chi connectivity index (χ1v) is 5.07. The van der Waals surface area contributed by atoms with E-state index < -0.39 is 0 Å². The second-order valence-electron chi connectivity index (χ2n) is 3.94. The standard InChI is InChI=1S/C11H17N5/c1-15(2)6-7-16(3)11-5-4-9(13)10(8-12)14-11/h4-5H,6-7,13H2,1-3H3. The maximum absolute atomic E-state index is 8.82. The Hall–Kier alpha value is -1.80. The largest absolute Gasteiger partial charge is 0.396 e. The average molecular weight is 219 g/mol. The van der Waals surface area contributed by atoms with E-state index in [4.69, 9.17) is 11.0 Å². The first-order chi connectivity index (χ1) is 7.54. The zero-order valence-electron chi connectivity index (χ0n) is 9.94. The van der Waals surface area contributed by atoms with Crippen molar-refractivity contribution >= 4 is 11.5 Å². The van der Waals surface area contributed by atoms with Crippen LogP contribution in [0.25, 0.3) is 0 Å². The molecule has 0 unspecified atom stereocenters. The third-order valence-electron chi connectivity index (χ3n) is 2.29. The van der Waals surface area contributed by atoms with Crippen LogP contribution < -0.4 is 10.6 Å². The van der Waals surface area contributed by atoms with E-state index in [1.54, 1.807) is 6.07 Å². The van der Waals surface area contributed by atoms with Crippen molar-refractivity contribution in [2.75, 3.05) is 44.9 Å². The number of rotatable bonds is 4. The molecule has 0 saturated heterocycles. The molecule has 0 bridgehead atoms. The van der Waals surface area contributed by atoms with Gasteiger partial charge < -0.3 is 15.5 Å². The minimum atomic E-state index is 0.286. The molecule has 0 saturated carbocycles. The molecular weight excluding hydrogens is 202 g/mol. The molecule has 0 aliphatic rings. The smallest absolute Gasteiger partial charge is 0.165 e. The fraction of sp³-hybridized carbons (Fsp3) is 0.455. The second-order valence-corrected chi connectivity index (χ2v) is 3.94. The highest BCUT2D eigenvalue weighted by Crippen LogP contribution is 2.14. The molecule has 5 heteroatoms. The number of nitrogens with zero attached hydrogens (tertiary/aromatic N) is 4. The molecule has 2 N–H and O–H groups in total. The Labute approximate surface area is 96.1 Å². The van der Waals surface area contributed by atoms with Crippen LogP contribution in [0.1, 0.15) is 5.69 Å². The topological polar surface area (TPSA) is 69.2 Å². The van der Waals surface area contributed by atoms with Crippen LogP contribution in [0.4, 0.5) is 11.5 Å². The fourth-order valence-electron chi connectivity index (χ4n) is 1.23. The summed E-state index contributed by atoms with van der Waals surface area (Å²) in [5, 5.41) is 8.82. The highest BCUT2D eigenvalue weighted by molar-refractivity contribution is 5.55. The summed E-state index contributed by atoms with van der Waals surface area (Å²) in [6, 6.07) is 5.52. The van der Waals surface area contributed by atoms with Crippen molar-refractivity contribution < 1.29 is 0 Å². The van der Waals surface area contributed by atoms with Gasteiger partial charge in [0.2, 0.25) is 0 Å². The summed E-state index contributed by atoms with van der Waals surface area (Å²) in [6.07, 6.45) is 0.